The van der Waals surface area contributed by atoms with E-state index < -0.39 is 6.10 Å². The lowest BCUT2D eigenvalue weighted by molar-refractivity contribution is -0.167. The summed E-state index contributed by atoms with van der Waals surface area (Å²) in [6.07, 6.45) is 92.8. The molecule has 0 N–H and O–H groups in total. The van der Waals surface area contributed by atoms with Crippen LogP contribution in [0.3, 0.4) is 0 Å². The van der Waals surface area contributed by atoms with Crippen molar-refractivity contribution in [2.24, 2.45) is 0 Å². The minimum absolute atomic E-state index is 0.0740. The molecule has 1 unspecified atom stereocenters. The van der Waals surface area contributed by atoms with Gasteiger partial charge in [0, 0.05) is 19.3 Å². The van der Waals surface area contributed by atoms with Crippen LogP contribution in [-0.4, -0.2) is 37.2 Å². The summed E-state index contributed by atoms with van der Waals surface area (Å²) < 4.78 is 17.0. The Kier molecular flexibility index (Phi) is 65.7. The number of carbonyl (C=O) groups is 3. The Morgan fingerprint density at radius 2 is 0.481 bits per heavy atom. The number of unbranched alkanes of at least 4 members (excludes halogenated alkanes) is 36. The molecule has 466 valence electrons. The van der Waals surface area contributed by atoms with Crippen molar-refractivity contribution in [2.45, 2.75) is 348 Å². The maximum atomic E-state index is 12.9. The number of ether oxygens (including phenoxy) is 3. The van der Waals surface area contributed by atoms with E-state index in [1.54, 1.807) is 0 Å². The van der Waals surface area contributed by atoms with E-state index in [0.717, 1.165) is 116 Å². The van der Waals surface area contributed by atoms with Crippen molar-refractivity contribution in [1.29, 1.82) is 0 Å². The summed E-state index contributed by atoms with van der Waals surface area (Å²) in [4.78, 5) is 38.4. The second-order valence-electron chi connectivity index (χ2n) is 23.1. The number of esters is 3. The summed E-state index contributed by atoms with van der Waals surface area (Å²) >= 11 is 0. The molecule has 0 fully saturated rings. The molecule has 0 radical (unpaired) electrons. The highest BCUT2D eigenvalue weighted by atomic mass is 16.6. The lowest BCUT2D eigenvalue weighted by Gasteiger charge is -2.18. The topological polar surface area (TPSA) is 78.9 Å². The van der Waals surface area contributed by atoms with Crippen molar-refractivity contribution >= 4 is 17.9 Å². The predicted octanol–water partition coefficient (Wildman–Crippen LogP) is 24.0. The highest BCUT2D eigenvalue weighted by molar-refractivity contribution is 5.71. The van der Waals surface area contributed by atoms with Gasteiger partial charge >= 0.3 is 17.9 Å². The van der Waals surface area contributed by atoms with Crippen molar-refractivity contribution in [3.8, 4) is 0 Å². The lowest BCUT2D eigenvalue weighted by atomic mass is 10.0. The first-order chi connectivity index (χ1) is 40.0. The van der Waals surface area contributed by atoms with Crippen LogP contribution in [0.4, 0.5) is 0 Å². The summed E-state index contributed by atoms with van der Waals surface area (Å²) in [5, 5.41) is 0. The van der Waals surface area contributed by atoms with Crippen LogP contribution >= 0.6 is 0 Å². The van der Waals surface area contributed by atoms with Crippen molar-refractivity contribution in [3.63, 3.8) is 0 Å². The molecule has 0 rings (SSSR count). The summed E-state index contributed by atoms with van der Waals surface area (Å²) in [6.45, 7) is 6.57. The van der Waals surface area contributed by atoms with Gasteiger partial charge < -0.3 is 14.2 Å². The van der Waals surface area contributed by atoms with Gasteiger partial charge in [-0.1, -0.05) is 336 Å². The molecular formula is C75H130O6. The second-order valence-corrected chi connectivity index (χ2v) is 23.1. The van der Waals surface area contributed by atoms with Crippen LogP contribution in [0.25, 0.3) is 0 Å². The minimum Gasteiger partial charge on any atom is -0.462 e. The average Bonchev–Trinajstić information content (AvgIpc) is 3.47. The normalized spacial score (nSPS) is 12.7. The Morgan fingerprint density at radius 3 is 0.753 bits per heavy atom. The first kappa shape index (κ1) is 77.3. The molecule has 81 heavy (non-hydrogen) atoms. The van der Waals surface area contributed by atoms with Crippen LogP contribution < -0.4 is 0 Å². The Hall–Kier alpha value is -3.67. The van der Waals surface area contributed by atoms with Gasteiger partial charge in [0.1, 0.15) is 13.2 Å². The van der Waals surface area contributed by atoms with Gasteiger partial charge in [-0.05, 0) is 83.5 Å². The molecule has 0 aliphatic heterocycles. The zero-order valence-corrected chi connectivity index (χ0v) is 53.5. The van der Waals surface area contributed by atoms with Gasteiger partial charge in [-0.3, -0.25) is 14.4 Å². The summed E-state index contributed by atoms with van der Waals surface area (Å²) in [5.41, 5.74) is 0. The second kappa shape index (κ2) is 68.8. The third kappa shape index (κ3) is 67.0. The fourth-order valence-electron chi connectivity index (χ4n) is 9.93. The zero-order valence-electron chi connectivity index (χ0n) is 53.5. The fourth-order valence-corrected chi connectivity index (χ4v) is 9.93. The molecular weight excluding hydrogens is 997 g/mol. The summed E-state index contributed by atoms with van der Waals surface area (Å²) in [6, 6.07) is 0. The van der Waals surface area contributed by atoms with Crippen molar-refractivity contribution < 1.29 is 28.6 Å². The molecule has 0 amide bonds. The van der Waals surface area contributed by atoms with Crippen molar-refractivity contribution in [2.75, 3.05) is 13.2 Å². The standard InChI is InChI=1S/C75H130O6/c1-4-7-10-13-16-19-22-25-28-30-31-32-33-34-35-36-37-38-39-40-41-42-43-44-45-46-48-50-53-56-59-62-65-68-74(77)80-71-72(70-79-73(76)67-64-61-58-55-52-49-27-24-21-18-15-12-9-6-3)81-75(78)69-66-63-60-57-54-51-47-29-26-23-20-17-14-11-8-5-2/h7,10,16,19,25,28,31-32,34-35,37-38,40-41,43-44,72H,4-6,8-9,11-15,17-18,20-24,26-27,29-30,33,36,39,42,45-71H2,1-3H3/b10-7-,19-16-,28-25-,32-31-,35-34-,38-37-,41-40-,44-43-. The Morgan fingerprint density at radius 1 is 0.259 bits per heavy atom. The van der Waals surface area contributed by atoms with Gasteiger partial charge in [-0.15, -0.1) is 0 Å². The van der Waals surface area contributed by atoms with Gasteiger partial charge in [0.05, 0.1) is 0 Å². The van der Waals surface area contributed by atoms with E-state index in [1.807, 2.05) is 0 Å². The van der Waals surface area contributed by atoms with Gasteiger partial charge in [0.25, 0.3) is 0 Å². The van der Waals surface area contributed by atoms with Crippen LogP contribution in [0.5, 0.6) is 0 Å². The van der Waals surface area contributed by atoms with E-state index in [0.29, 0.717) is 19.3 Å². The molecule has 6 nitrogen and oxygen atoms in total. The number of carbonyl (C=O) groups excluding carboxylic acids is 3. The maximum absolute atomic E-state index is 12.9. The Balaban J connectivity index is 4.26. The molecule has 0 aliphatic carbocycles. The van der Waals surface area contributed by atoms with Crippen LogP contribution in [0.2, 0.25) is 0 Å². The molecule has 0 aliphatic rings. The molecule has 1 atom stereocenters. The molecule has 6 heteroatoms. The number of allylic oxidation sites excluding steroid dienone is 16. The van der Waals surface area contributed by atoms with Crippen LogP contribution in [0.1, 0.15) is 342 Å². The van der Waals surface area contributed by atoms with Crippen molar-refractivity contribution in [3.05, 3.63) is 97.2 Å². The van der Waals surface area contributed by atoms with Gasteiger partial charge in [0.15, 0.2) is 6.10 Å². The molecule has 0 saturated heterocycles. The maximum Gasteiger partial charge on any atom is 0.306 e. The number of rotatable bonds is 63. The van der Waals surface area contributed by atoms with Crippen LogP contribution in [0, 0.1) is 0 Å². The molecule has 0 aromatic carbocycles. The Labute approximate surface area is 502 Å². The number of hydrogen-bond acceptors (Lipinski definition) is 6. The zero-order chi connectivity index (χ0) is 58.5. The van der Waals surface area contributed by atoms with E-state index in [9.17, 15) is 14.4 Å². The third-order valence-corrected chi connectivity index (χ3v) is 15.1. The van der Waals surface area contributed by atoms with Gasteiger partial charge in [-0.25, -0.2) is 0 Å². The van der Waals surface area contributed by atoms with Crippen molar-refractivity contribution in [1.82, 2.24) is 0 Å². The first-order valence-electron chi connectivity index (χ1n) is 34.7. The molecule has 0 saturated carbocycles. The van der Waals surface area contributed by atoms with E-state index in [1.165, 1.54) is 186 Å². The van der Waals surface area contributed by atoms with E-state index in [2.05, 4.69) is 118 Å². The quantitative estimate of drug-likeness (QED) is 0.0261. The summed E-state index contributed by atoms with van der Waals surface area (Å²) in [5.74, 6) is -0.864. The van der Waals surface area contributed by atoms with E-state index in [4.69, 9.17) is 14.2 Å². The molecule has 0 bridgehead atoms. The SMILES string of the molecule is CC/C=C\C/C=C\C/C=C\C/C=C\C/C=C\C/C=C\C/C=C\C/C=C\CCCCCCCCCCC(=O)OCC(COC(=O)CCCCCCCCCCCCCCCC)OC(=O)CCCCCCCCCCCCCCCCCC. The molecule has 0 heterocycles. The smallest absolute Gasteiger partial charge is 0.306 e. The first-order valence-corrected chi connectivity index (χ1v) is 34.7. The Bertz CT molecular complexity index is 1580. The molecule has 0 spiro atoms. The third-order valence-electron chi connectivity index (χ3n) is 15.1. The largest absolute Gasteiger partial charge is 0.462 e. The highest BCUT2D eigenvalue weighted by Gasteiger charge is 2.19. The predicted molar refractivity (Wildman–Crippen MR) is 353 cm³/mol. The van der Waals surface area contributed by atoms with Gasteiger partial charge in [-0.2, -0.15) is 0 Å². The number of hydrogen-bond donors (Lipinski definition) is 0. The van der Waals surface area contributed by atoms with Crippen LogP contribution in [-0.2, 0) is 28.6 Å². The van der Waals surface area contributed by atoms with E-state index in [-0.39, 0.29) is 31.1 Å². The minimum atomic E-state index is -0.778. The van der Waals surface area contributed by atoms with E-state index >= 15 is 0 Å². The monoisotopic (exact) mass is 1130 g/mol. The van der Waals surface area contributed by atoms with Gasteiger partial charge in [0.2, 0.25) is 0 Å². The fraction of sp³-hybridized carbons (Fsp3) is 0.747. The average molecular weight is 1130 g/mol. The summed E-state index contributed by atoms with van der Waals surface area (Å²) in [7, 11) is 0. The van der Waals surface area contributed by atoms with Crippen LogP contribution in [0.15, 0.2) is 97.2 Å². The molecule has 0 aromatic heterocycles. The molecule has 0 aromatic rings. The lowest BCUT2D eigenvalue weighted by Crippen LogP contribution is -2.30. The highest BCUT2D eigenvalue weighted by Crippen LogP contribution is 2.17.